The molecule has 15 atom stereocenters. The average Bonchev–Trinajstić information content (AvgIpc) is 1.59. The second-order valence-corrected chi connectivity index (χ2v) is 24.0. The van der Waals surface area contributed by atoms with Gasteiger partial charge in [-0.3, -0.25) is 38.4 Å². The van der Waals surface area contributed by atoms with E-state index in [0.717, 1.165) is 81.0 Å². The second-order valence-electron chi connectivity index (χ2n) is 23.6. The summed E-state index contributed by atoms with van der Waals surface area (Å²) in [5.41, 5.74) is 6.79. The number of aliphatic hydroxyl groups is 8. The van der Waals surface area contributed by atoms with Gasteiger partial charge in [0.2, 0.25) is 41.4 Å². The number of phenols is 1. The molecule has 3 aromatic carbocycles. The Morgan fingerprint density at radius 1 is 0.713 bits per heavy atom. The van der Waals surface area contributed by atoms with E-state index in [1.54, 1.807) is 19.2 Å². The minimum Gasteiger partial charge on any atom is -0.504 e. The lowest BCUT2D eigenvalue weighted by atomic mass is 9.96. The number of carbonyl (C=O) groups excluding carboxylic acids is 8. The first-order valence-electron chi connectivity index (χ1n) is 30.6. The zero-order chi connectivity index (χ0) is 68.5. The molecule has 3 aromatic rings. The number of aliphatic hydroxyl groups excluding tert-OH is 8. The number of anilines is 2. The smallest absolute Gasteiger partial charge is 0.261 e. The molecule has 0 radical (unpaired) electrons. The molecular formula is C60H84N10O23S. The maximum Gasteiger partial charge on any atom is 0.261 e. The van der Waals surface area contributed by atoms with Gasteiger partial charge in [-0.2, -0.15) is 0 Å². The van der Waals surface area contributed by atoms with Crippen molar-refractivity contribution in [2.24, 2.45) is 11.7 Å². The van der Waals surface area contributed by atoms with Crippen molar-refractivity contribution in [3.63, 3.8) is 0 Å². The fraction of sp³-hybridized carbons (Fsp3) is 0.567. The van der Waals surface area contributed by atoms with Gasteiger partial charge in [-0.05, 0) is 86.0 Å². The Bertz CT molecular complexity index is 3060. The monoisotopic (exact) mass is 1340 g/mol. The summed E-state index contributed by atoms with van der Waals surface area (Å²) in [4.78, 5) is 120. The van der Waals surface area contributed by atoms with Crippen LogP contribution in [0.1, 0.15) is 87.2 Å². The number of fused-ring (bicyclic) bond motifs is 2. The first kappa shape index (κ1) is 73.7. The molecule has 7 rings (SSSR count). The molecular weight excluding hydrogens is 1260 g/mol. The molecule has 0 saturated carbocycles. The molecule has 4 fully saturated rings. The Labute approximate surface area is 544 Å². The summed E-state index contributed by atoms with van der Waals surface area (Å²) in [6, 6.07) is 4.35. The van der Waals surface area contributed by atoms with Crippen LogP contribution in [0.3, 0.4) is 0 Å². The van der Waals surface area contributed by atoms with Gasteiger partial charge in [0.15, 0.2) is 17.7 Å². The third-order valence-corrected chi connectivity index (χ3v) is 17.2. The number of hydrogen-bond acceptors (Lipinski definition) is 26. The highest BCUT2D eigenvalue weighted by atomic mass is 32.2. The molecule has 4 heterocycles. The second kappa shape index (κ2) is 34.6. The summed E-state index contributed by atoms with van der Waals surface area (Å²) < 4.78 is 20.3. The zero-order valence-electron chi connectivity index (χ0n) is 51.9. The van der Waals surface area contributed by atoms with Crippen LogP contribution in [0, 0.1) is 5.92 Å². The standard InChI is InChI=1S/C60H84N10O23S/c1-31-29-70-49(50(31)77)58(85)66-56(83)43(75)27-39(62-53(80)33-9-12-35(13-10-33)67-19-21-68(22-20-67)36-14-16-38(17-15-36)90-24-8-6-4-5-7-23-89-3)54(81)63-46(32(2)71)59(86)69-30-37(72)26-40(69)55(82)65-48(57(84)64-47(60(70)87)42(74)28-45(61)76)52(79)51(78)34-11-18-41(73)44(25-34)91-94-93-92-88/h9-18,25,31-32,37,39-40,42-43,46-52,56,71-75,77-79,83,88H,4-8,19-24,26-30H2,1-3H3,(H2,61,76)(H,62,80)(H,63,81)(H,64,84)(H,65,82)(H,66,85)/t31?,32?,37?,39-,40?,42?,43?,46?,47?,48?,49?,50?,51?,52?,56?/m0/s1. The number of primary amides is 1. The number of aromatic hydroxyl groups is 1. The number of nitrogens with two attached hydrogens (primary N) is 1. The highest BCUT2D eigenvalue weighted by molar-refractivity contribution is 7.90. The maximum atomic E-state index is 14.7. The fourth-order valence-electron chi connectivity index (χ4n) is 11.6. The molecule has 33 nitrogen and oxygen atoms in total. The third kappa shape index (κ3) is 19.2. The Hall–Kier alpha value is -7.71. The number of phenolic OH excluding ortho intramolecular Hbond substituents is 1. The van der Waals surface area contributed by atoms with Gasteiger partial charge in [0.25, 0.3) is 18.2 Å². The molecule has 0 spiro atoms. The summed E-state index contributed by atoms with van der Waals surface area (Å²) >= 11 is -0.0318. The quantitative estimate of drug-likeness (QED) is 0.0181. The average molecular weight is 1350 g/mol. The normalized spacial score (nSPS) is 26.5. The van der Waals surface area contributed by atoms with E-state index in [1.807, 2.05) is 24.3 Å². The summed E-state index contributed by atoms with van der Waals surface area (Å²) in [5.74, 6) is -11.8. The Kier molecular flexibility index (Phi) is 27.1. The lowest BCUT2D eigenvalue weighted by Crippen LogP contribution is -2.64. The largest absolute Gasteiger partial charge is 0.504 e. The Morgan fingerprint density at radius 2 is 1.31 bits per heavy atom. The van der Waals surface area contributed by atoms with E-state index in [0.29, 0.717) is 42.6 Å². The molecule has 34 heteroatoms. The van der Waals surface area contributed by atoms with Crippen LogP contribution >= 0.6 is 12.3 Å². The molecule has 14 unspecified atom stereocenters. The molecule has 4 aliphatic rings. The van der Waals surface area contributed by atoms with Crippen LogP contribution in [0.5, 0.6) is 17.2 Å². The van der Waals surface area contributed by atoms with Crippen LogP contribution in [0.2, 0.25) is 0 Å². The minimum absolute atomic E-state index is 0.00795. The highest BCUT2D eigenvalue weighted by Gasteiger charge is 2.51. The van der Waals surface area contributed by atoms with Crippen LogP contribution in [0.25, 0.3) is 0 Å². The van der Waals surface area contributed by atoms with Gasteiger partial charge in [-0.25, -0.2) is 5.26 Å². The number of ether oxygens (including phenoxy) is 2. The van der Waals surface area contributed by atoms with Gasteiger partial charge < -0.3 is 112 Å². The molecule has 518 valence electrons. The van der Waals surface area contributed by atoms with Crippen molar-refractivity contribution < 1.29 is 113 Å². The number of benzene rings is 3. The van der Waals surface area contributed by atoms with E-state index in [9.17, 15) is 84.3 Å². The number of carbonyl (C=O) groups is 8. The first-order chi connectivity index (χ1) is 44.8. The maximum absolute atomic E-state index is 14.7. The SMILES string of the molecule is COCCCCCCCOc1ccc(N2CCN(c3ccc(C(=O)N[C@H]4CC(O)C(O)NC(=O)C5C(O)C(C)CN5C(=O)C(C(O)CC(N)=O)NC(=O)C(C(O)C(O)c5ccc(O)c(OSOOO)c5)NC(=O)C5CC(O)CN5C(=O)C(C(C)O)NC4=O)cc3)CC2)cc1. The lowest BCUT2D eigenvalue weighted by Gasteiger charge is -2.37. The Balaban J connectivity index is 1.14. The summed E-state index contributed by atoms with van der Waals surface area (Å²) in [6.45, 7) is 5.18. The van der Waals surface area contributed by atoms with Crippen molar-refractivity contribution in [2.45, 2.75) is 150 Å². The fourth-order valence-corrected chi connectivity index (χ4v) is 11.8. The number of rotatable bonds is 24. The van der Waals surface area contributed by atoms with Crippen molar-refractivity contribution in [3.05, 3.63) is 77.9 Å². The summed E-state index contributed by atoms with van der Waals surface area (Å²) in [7, 11) is 1.70. The summed E-state index contributed by atoms with van der Waals surface area (Å²) in [5, 5.41) is 125. The number of amides is 8. The van der Waals surface area contributed by atoms with Crippen LogP contribution in [0.4, 0.5) is 11.4 Å². The van der Waals surface area contributed by atoms with E-state index in [1.165, 1.54) is 19.1 Å². The number of methoxy groups -OCH3 is 1. The van der Waals surface area contributed by atoms with Gasteiger partial charge in [0.1, 0.15) is 60.3 Å². The van der Waals surface area contributed by atoms with Crippen molar-refractivity contribution in [3.8, 4) is 17.2 Å². The van der Waals surface area contributed by atoms with Gasteiger partial charge in [-0.1, -0.05) is 41.6 Å². The van der Waals surface area contributed by atoms with Gasteiger partial charge in [0, 0.05) is 88.7 Å². The molecule has 8 amide bonds. The third-order valence-electron chi connectivity index (χ3n) is 16.8. The number of nitrogens with zero attached hydrogens (tertiary/aromatic N) is 4. The first-order valence-corrected chi connectivity index (χ1v) is 31.3. The molecule has 4 saturated heterocycles. The number of nitrogens with one attached hydrogen (secondary N) is 5. The van der Waals surface area contributed by atoms with Gasteiger partial charge in [0.05, 0.1) is 37.4 Å². The predicted octanol–water partition coefficient (Wildman–Crippen LogP) is -3.31. The number of hydrogen-bond donors (Lipinski definition) is 16. The van der Waals surface area contributed by atoms with E-state index in [4.69, 9.17) is 24.6 Å². The molecule has 4 aliphatic heterocycles. The van der Waals surface area contributed by atoms with Crippen molar-refractivity contribution >= 4 is 71.0 Å². The zero-order valence-corrected chi connectivity index (χ0v) is 52.7. The van der Waals surface area contributed by atoms with Crippen molar-refractivity contribution in [1.82, 2.24) is 36.4 Å². The van der Waals surface area contributed by atoms with Crippen LogP contribution in [-0.4, -0.2) is 247 Å². The number of unbranched alkanes of at least 4 members (excludes halogenated alkanes) is 4. The highest BCUT2D eigenvalue weighted by Crippen LogP contribution is 2.34. The van der Waals surface area contributed by atoms with Gasteiger partial charge in [-0.15, -0.1) is 0 Å². The van der Waals surface area contributed by atoms with Gasteiger partial charge >= 0.3 is 0 Å². The molecule has 94 heavy (non-hydrogen) atoms. The van der Waals surface area contributed by atoms with Crippen LogP contribution < -0.4 is 51.0 Å². The van der Waals surface area contributed by atoms with Crippen LogP contribution in [0.15, 0.2) is 66.7 Å². The molecule has 0 aliphatic carbocycles. The van der Waals surface area contributed by atoms with E-state index >= 15 is 0 Å². The van der Waals surface area contributed by atoms with Crippen molar-refractivity contribution in [2.75, 3.05) is 69.4 Å². The molecule has 0 bridgehead atoms. The predicted molar refractivity (Wildman–Crippen MR) is 330 cm³/mol. The topological polar surface area (TPSA) is 484 Å². The number of piperazine rings is 1. The summed E-state index contributed by atoms with van der Waals surface area (Å²) in [6.07, 6.45) is -14.2. The minimum atomic E-state index is -2.55. The van der Waals surface area contributed by atoms with Crippen molar-refractivity contribution in [1.29, 1.82) is 0 Å². The van der Waals surface area contributed by atoms with E-state index < -0.39 is 182 Å². The molecule has 0 aromatic heterocycles. The molecule has 17 N–H and O–H groups in total. The van der Waals surface area contributed by atoms with Crippen LogP contribution in [-0.2, 0) is 47.7 Å². The van der Waals surface area contributed by atoms with E-state index in [-0.39, 0.29) is 23.5 Å². The Morgan fingerprint density at radius 3 is 1.93 bits per heavy atom. The van der Waals surface area contributed by atoms with E-state index in [2.05, 4.69) is 45.8 Å². The lowest BCUT2D eigenvalue weighted by molar-refractivity contribution is -0.433.